The summed E-state index contributed by atoms with van der Waals surface area (Å²) in [5.41, 5.74) is 9.05. The summed E-state index contributed by atoms with van der Waals surface area (Å²) >= 11 is 3.62. The van der Waals surface area contributed by atoms with Gasteiger partial charge in [0.25, 0.3) is 10.1 Å². The van der Waals surface area contributed by atoms with Gasteiger partial charge >= 0.3 is 0 Å². The van der Waals surface area contributed by atoms with E-state index >= 15 is 0 Å². The van der Waals surface area contributed by atoms with Crippen molar-refractivity contribution in [2.75, 3.05) is 36.0 Å². The molecule has 1 aliphatic carbocycles. The molecule has 6 aromatic rings. The second kappa shape index (κ2) is 24.8. The van der Waals surface area contributed by atoms with Crippen molar-refractivity contribution in [2.24, 2.45) is 5.92 Å². The molecule has 8 rings (SSSR count). The van der Waals surface area contributed by atoms with E-state index in [2.05, 4.69) is 103 Å². The van der Waals surface area contributed by atoms with Crippen LogP contribution in [0, 0.1) is 33.6 Å². The third-order valence-electron chi connectivity index (χ3n) is 13.7. The molecule has 0 amide bonds. The van der Waals surface area contributed by atoms with Gasteiger partial charge in [0.05, 0.1) is 11.0 Å². The van der Waals surface area contributed by atoms with Gasteiger partial charge in [0.1, 0.15) is 22.8 Å². The van der Waals surface area contributed by atoms with Gasteiger partial charge in [-0.2, -0.15) is 13.0 Å². The first-order valence-electron chi connectivity index (χ1n) is 25.6. The number of unbranched alkanes of at least 4 members (excludes halogenated alkanes) is 1. The van der Waals surface area contributed by atoms with Gasteiger partial charge in [-0.3, -0.25) is 4.55 Å². The van der Waals surface area contributed by atoms with E-state index in [1.165, 1.54) is 15.9 Å². The molecule has 0 saturated carbocycles. The van der Waals surface area contributed by atoms with Gasteiger partial charge in [0.2, 0.25) is 21.1 Å². The molecule has 1 aliphatic heterocycles. The van der Waals surface area contributed by atoms with Crippen LogP contribution in [0.3, 0.4) is 0 Å². The number of sulfonamides is 1. The fourth-order valence-corrected chi connectivity index (χ4v) is 13.7. The van der Waals surface area contributed by atoms with Crippen molar-refractivity contribution in [1.82, 2.24) is 9.30 Å². The van der Waals surface area contributed by atoms with Gasteiger partial charge < -0.3 is 9.32 Å². The van der Waals surface area contributed by atoms with E-state index in [1.54, 1.807) is 42.1 Å². The van der Waals surface area contributed by atoms with Crippen LogP contribution in [0.5, 0.6) is 0 Å². The minimum absolute atomic E-state index is 0.200. The first-order chi connectivity index (χ1) is 35.7. The third-order valence-corrected chi connectivity index (χ3v) is 18.2. The lowest BCUT2D eigenvalue weighted by molar-refractivity contribution is 0.443. The van der Waals surface area contributed by atoms with Crippen LogP contribution in [0.4, 0.5) is 17.1 Å². The zero-order valence-corrected chi connectivity index (χ0v) is 46.6. The Morgan fingerprint density at radius 3 is 1.93 bits per heavy atom. The summed E-state index contributed by atoms with van der Waals surface area (Å²) in [6.45, 7) is 14.2. The fourth-order valence-electron chi connectivity index (χ4n) is 9.97. The second-order valence-corrected chi connectivity index (χ2v) is 24.6. The van der Waals surface area contributed by atoms with E-state index < -0.39 is 20.1 Å². The number of hydrogen-bond acceptors (Lipinski definition) is 8. The molecule has 2 N–H and O–H groups in total. The molecule has 6 aromatic carbocycles. The Balaban J connectivity index is 1.30. The van der Waals surface area contributed by atoms with Crippen molar-refractivity contribution in [3.63, 3.8) is 0 Å². The lowest BCUT2D eigenvalue weighted by Gasteiger charge is -2.29. The highest BCUT2D eigenvalue weighted by atomic mass is 32.2. The number of hydrogen-bond donors (Lipinski definition) is 2. The van der Waals surface area contributed by atoms with Crippen LogP contribution < -0.4 is 19.6 Å². The summed E-state index contributed by atoms with van der Waals surface area (Å²) in [5, 5.41) is 1.51. The number of para-hydroxylation sites is 1. The number of aryl methyl sites for hydroxylation is 4. The smallest absolute Gasteiger partial charge is 0.295 e. The molecule has 0 aromatic heterocycles. The molecule has 0 radical (unpaired) electrons. The summed E-state index contributed by atoms with van der Waals surface area (Å²) in [5.74, 6) is 2.54. The standard InChI is InChI=1S/C61H67N3O6S4/c1-7-9-23-47(8-2)42-62-73(65,66)52-38-45(5)61(46(6)39-52)64(35-20-37-72-51-26-14-11-15-27-51)49-31-33-54-57(41-49)70-56-40-48(30-32-53(56)59(54)55-28-16-17-29-58(55)74(67,68)69)63(60-43(3)21-18-22-44(60)4)34-19-36-71-50-24-12-10-13-25-50/h10-18,21-22,24-33,38-41,47,62H,7-9,19-20,23,34-37,42H2,1-6H3/p+1. The van der Waals surface area contributed by atoms with Gasteiger partial charge in [-0.05, 0) is 124 Å². The number of nitrogens with one attached hydrogen (secondary N) is 1. The minimum Gasteiger partial charge on any atom is -0.456 e. The van der Waals surface area contributed by atoms with E-state index in [9.17, 15) is 21.4 Å². The molecule has 1 heterocycles. The first-order valence-corrected chi connectivity index (χ1v) is 30.5. The minimum atomic E-state index is -4.65. The van der Waals surface area contributed by atoms with E-state index in [0.717, 1.165) is 101 Å². The fraction of sp³-hybridized carbons (Fsp3) is 0.295. The number of thioether (sulfide) groups is 2. The molecule has 0 bridgehead atoms. The van der Waals surface area contributed by atoms with Crippen molar-refractivity contribution >= 4 is 71.7 Å². The monoisotopic (exact) mass is 1070 g/mol. The topological polar surface area (TPSA) is 120 Å². The van der Waals surface area contributed by atoms with E-state index in [4.69, 9.17) is 4.42 Å². The molecule has 2 aliphatic rings. The van der Waals surface area contributed by atoms with E-state index in [-0.39, 0.29) is 15.7 Å². The van der Waals surface area contributed by atoms with Crippen molar-refractivity contribution in [1.29, 1.82) is 0 Å². The number of nitrogens with zero attached hydrogens (tertiary/aromatic N) is 2. The van der Waals surface area contributed by atoms with Crippen molar-refractivity contribution in [3.05, 3.63) is 179 Å². The molecule has 0 saturated heterocycles. The molecule has 386 valence electrons. The van der Waals surface area contributed by atoms with Gasteiger partial charge in [-0.25, -0.2) is 13.1 Å². The maximum absolute atomic E-state index is 13.9. The van der Waals surface area contributed by atoms with E-state index in [0.29, 0.717) is 46.5 Å². The Bertz CT molecular complexity index is 3450. The van der Waals surface area contributed by atoms with Crippen molar-refractivity contribution < 1.29 is 25.8 Å². The summed E-state index contributed by atoms with van der Waals surface area (Å²) in [6.07, 6.45) is 5.72. The number of benzene rings is 7. The molecule has 9 nitrogen and oxygen atoms in total. The largest absolute Gasteiger partial charge is 0.456 e. The zero-order valence-electron chi connectivity index (χ0n) is 43.3. The van der Waals surface area contributed by atoms with Gasteiger partial charge in [0.15, 0.2) is 0 Å². The van der Waals surface area contributed by atoms with Crippen LogP contribution in [-0.2, 0) is 20.1 Å². The van der Waals surface area contributed by atoms with Crippen molar-refractivity contribution in [2.45, 2.75) is 99.6 Å². The summed E-state index contributed by atoms with van der Waals surface area (Å²) in [7, 11) is -8.44. The molecule has 1 unspecified atom stereocenters. The maximum atomic E-state index is 13.9. The van der Waals surface area contributed by atoms with Crippen LogP contribution in [0.1, 0.15) is 74.6 Å². The Hall–Kier alpha value is -5.67. The lowest BCUT2D eigenvalue weighted by Crippen LogP contribution is -2.30. The molecular formula is C61H68N3O6S4+. The zero-order chi connectivity index (χ0) is 52.4. The highest BCUT2D eigenvalue weighted by Gasteiger charge is 2.28. The quantitative estimate of drug-likeness (QED) is 0.0212. The highest BCUT2D eigenvalue weighted by molar-refractivity contribution is 7.99. The van der Waals surface area contributed by atoms with Crippen LogP contribution in [0.15, 0.2) is 176 Å². The second-order valence-electron chi connectivity index (χ2n) is 19.1. The Kier molecular flexibility index (Phi) is 18.3. The number of fused-ring (bicyclic) bond motifs is 2. The number of rotatable bonds is 23. The van der Waals surface area contributed by atoms with E-state index in [1.807, 2.05) is 80.2 Å². The Labute approximate surface area is 447 Å². The molecule has 74 heavy (non-hydrogen) atoms. The van der Waals surface area contributed by atoms with Crippen LogP contribution in [0.2, 0.25) is 0 Å². The summed E-state index contributed by atoms with van der Waals surface area (Å²) < 4.78 is 77.0. The predicted octanol–water partition coefficient (Wildman–Crippen LogP) is 14.8. The maximum Gasteiger partial charge on any atom is 0.295 e. The first kappa shape index (κ1) is 54.6. The molecule has 0 spiro atoms. The molecular weight excluding hydrogens is 999 g/mol. The van der Waals surface area contributed by atoms with Crippen LogP contribution in [0.25, 0.3) is 33.4 Å². The SMILES string of the molecule is CCCCC(CC)CNS(=O)(=O)c1cc(C)c([N+](CCCSc2ccccc2)=c2ccc3c(-c4ccccc4S(=O)(=O)O)c4ccc(N(CCCSc5ccccc5)c5c(C)cccc5C)cc4oc-3c2)c(C)c1. The summed E-state index contributed by atoms with van der Waals surface area (Å²) in [4.78, 5) is 4.81. The average Bonchev–Trinajstić information content (AvgIpc) is 3.40. The van der Waals surface area contributed by atoms with Gasteiger partial charge in [0, 0.05) is 91.8 Å². The van der Waals surface area contributed by atoms with Gasteiger partial charge in [-0.1, -0.05) is 106 Å². The Morgan fingerprint density at radius 2 is 1.30 bits per heavy atom. The normalized spacial score (nSPS) is 12.9. The summed E-state index contributed by atoms with van der Waals surface area (Å²) in [6, 6.07) is 49.3. The van der Waals surface area contributed by atoms with Gasteiger partial charge in [-0.15, -0.1) is 23.5 Å². The molecule has 13 heteroatoms. The van der Waals surface area contributed by atoms with Crippen molar-refractivity contribution in [3.8, 4) is 22.5 Å². The third kappa shape index (κ3) is 13.0. The molecule has 1 atom stereocenters. The average molecular weight is 1070 g/mol. The Morgan fingerprint density at radius 1 is 0.662 bits per heavy atom. The molecule has 0 fully saturated rings. The lowest BCUT2D eigenvalue weighted by atomic mass is 9.93. The van der Waals surface area contributed by atoms with Crippen LogP contribution >= 0.6 is 23.5 Å². The van der Waals surface area contributed by atoms with Crippen LogP contribution in [-0.4, -0.2) is 52.5 Å². The predicted molar refractivity (Wildman–Crippen MR) is 309 cm³/mol. The number of anilines is 2. The highest BCUT2D eigenvalue weighted by Crippen LogP contribution is 2.44.